The van der Waals surface area contributed by atoms with E-state index in [0.29, 0.717) is 17.9 Å². The van der Waals surface area contributed by atoms with Crippen LogP contribution in [0.5, 0.6) is 0 Å². The molecule has 2 fully saturated rings. The highest BCUT2D eigenvalue weighted by Crippen LogP contribution is 2.68. The summed E-state index contributed by atoms with van der Waals surface area (Å²) in [6.45, 7) is 0.499. The maximum atomic E-state index is 13.4. The molecule has 1 aromatic heterocycles. The van der Waals surface area contributed by atoms with E-state index >= 15 is 0 Å². The lowest BCUT2D eigenvalue weighted by atomic mass is 9.55. The first-order valence-electron chi connectivity index (χ1n) is 9.90. The SMILES string of the molecule is O=C(O)CNC1C2C(=O)C=C3SC4CC31C1=C(N4)C(=O)c3[nH]cc4c3C1N2CC4. The Bertz CT molecular complexity index is 1120. The Hall–Kier alpha value is -2.36. The molecule has 0 radical (unpaired) electrons. The van der Waals surface area contributed by atoms with E-state index in [1.165, 1.54) is 0 Å². The third-order valence-corrected chi connectivity index (χ3v) is 8.80. The molecule has 6 aliphatic rings. The molecule has 2 saturated heterocycles. The van der Waals surface area contributed by atoms with Crippen molar-refractivity contribution in [2.24, 2.45) is 5.41 Å². The van der Waals surface area contributed by atoms with Crippen LogP contribution in [-0.4, -0.2) is 63.1 Å². The van der Waals surface area contributed by atoms with Crippen LogP contribution in [0.4, 0.5) is 0 Å². The predicted octanol–water partition coefficient (Wildman–Crippen LogP) is 0.309. The number of carboxylic acids is 1. The maximum Gasteiger partial charge on any atom is 0.317 e. The number of ketones is 2. The minimum atomic E-state index is -0.945. The Labute approximate surface area is 169 Å². The van der Waals surface area contributed by atoms with Gasteiger partial charge in [-0.25, -0.2) is 0 Å². The minimum Gasteiger partial charge on any atom is -0.480 e. The minimum absolute atomic E-state index is 0.00995. The van der Waals surface area contributed by atoms with Crippen LogP contribution < -0.4 is 10.6 Å². The van der Waals surface area contributed by atoms with Gasteiger partial charge in [0.05, 0.1) is 35.4 Å². The molecule has 7 rings (SSSR count). The lowest BCUT2D eigenvalue weighted by Crippen LogP contribution is -2.71. The van der Waals surface area contributed by atoms with Gasteiger partial charge in [0, 0.05) is 34.7 Å². The molecule has 2 aliphatic carbocycles. The molecule has 5 atom stereocenters. The number of aliphatic carboxylic acids is 1. The van der Waals surface area contributed by atoms with Crippen LogP contribution >= 0.6 is 11.8 Å². The average molecular weight is 410 g/mol. The summed E-state index contributed by atoms with van der Waals surface area (Å²) in [6.07, 6.45) is 5.22. The number of hydrogen-bond donors (Lipinski definition) is 4. The number of rotatable bonds is 3. The first kappa shape index (κ1) is 16.4. The zero-order valence-corrected chi connectivity index (χ0v) is 16.1. The number of Topliss-reactive ketones (excluding diaryl/α,β-unsaturated/α-hetero) is 1. The number of piperidine rings is 1. The molecule has 4 aliphatic heterocycles. The predicted molar refractivity (Wildman–Crippen MR) is 103 cm³/mol. The normalized spacial score (nSPS) is 38.1. The van der Waals surface area contributed by atoms with Crippen molar-refractivity contribution < 1.29 is 19.5 Å². The quantitative estimate of drug-likeness (QED) is 0.563. The first-order valence-corrected chi connectivity index (χ1v) is 10.8. The number of aromatic nitrogens is 1. The van der Waals surface area contributed by atoms with Crippen LogP contribution in [0.25, 0.3) is 0 Å². The fraction of sp³-hybridized carbons (Fsp3) is 0.450. The van der Waals surface area contributed by atoms with Crippen molar-refractivity contribution in [2.45, 2.75) is 36.3 Å². The van der Waals surface area contributed by atoms with Gasteiger partial charge < -0.3 is 20.7 Å². The molecule has 1 aromatic rings. The average Bonchev–Trinajstić information content (AvgIpc) is 3.23. The number of H-pyrrole nitrogens is 1. The zero-order chi connectivity index (χ0) is 19.7. The Kier molecular flexibility index (Phi) is 2.85. The molecule has 29 heavy (non-hydrogen) atoms. The fourth-order valence-electron chi connectivity index (χ4n) is 6.61. The first-order chi connectivity index (χ1) is 14.0. The van der Waals surface area contributed by atoms with E-state index in [2.05, 4.69) is 20.5 Å². The van der Waals surface area contributed by atoms with Crippen molar-refractivity contribution >= 4 is 29.3 Å². The van der Waals surface area contributed by atoms with Gasteiger partial charge in [-0.1, -0.05) is 0 Å². The Morgan fingerprint density at radius 1 is 1.41 bits per heavy atom. The van der Waals surface area contributed by atoms with Crippen molar-refractivity contribution in [1.82, 2.24) is 20.5 Å². The van der Waals surface area contributed by atoms with Gasteiger partial charge in [-0.3, -0.25) is 19.3 Å². The molecule has 0 aromatic carbocycles. The molecule has 0 amide bonds. The van der Waals surface area contributed by atoms with Crippen molar-refractivity contribution in [3.8, 4) is 0 Å². The number of allylic oxidation sites excluding steroid dienone is 1. The van der Waals surface area contributed by atoms with Crippen molar-refractivity contribution in [1.29, 1.82) is 0 Å². The third-order valence-electron chi connectivity index (χ3n) is 7.49. The highest BCUT2D eigenvalue weighted by molar-refractivity contribution is 8.04. The van der Waals surface area contributed by atoms with E-state index in [1.807, 2.05) is 6.20 Å². The van der Waals surface area contributed by atoms with Gasteiger partial charge in [0.25, 0.3) is 0 Å². The van der Waals surface area contributed by atoms with E-state index in [1.54, 1.807) is 17.8 Å². The van der Waals surface area contributed by atoms with Gasteiger partial charge in [0.1, 0.15) is 0 Å². The monoisotopic (exact) mass is 410 g/mol. The van der Waals surface area contributed by atoms with Gasteiger partial charge in [0.15, 0.2) is 5.78 Å². The number of nitrogens with one attached hydrogen (secondary N) is 3. The van der Waals surface area contributed by atoms with Crippen molar-refractivity contribution in [3.05, 3.63) is 45.3 Å². The number of nitrogens with zero attached hydrogens (tertiary/aromatic N) is 1. The summed E-state index contributed by atoms with van der Waals surface area (Å²) in [5, 5.41) is 16.0. The zero-order valence-electron chi connectivity index (χ0n) is 15.3. The molecular weight excluding hydrogens is 392 g/mol. The number of aromatic amines is 1. The number of hydrogen-bond acceptors (Lipinski definition) is 7. The topological polar surface area (TPSA) is 115 Å². The highest BCUT2D eigenvalue weighted by Gasteiger charge is 2.69. The Balaban J connectivity index is 1.54. The maximum absolute atomic E-state index is 13.4. The summed E-state index contributed by atoms with van der Waals surface area (Å²) in [5.74, 6) is -0.927. The van der Waals surface area contributed by atoms with Crippen LogP contribution in [0.15, 0.2) is 28.4 Å². The lowest BCUT2D eigenvalue weighted by Gasteiger charge is -2.61. The summed E-state index contributed by atoms with van der Waals surface area (Å²) >= 11 is 1.61. The molecule has 8 nitrogen and oxygen atoms in total. The summed E-state index contributed by atoms with van der Waals surface area (Å²) in [7, 11) is 0. The van der Waals surface area contributed by atoms with E-state index in [4.69, 9.17) is 0 Å². The second kappa shape index (κ2) is 5.03. The van der Waals surface area contributed by atoms with E-state index < -0.39 is 17.4 Å². The van der Waals surface area contributed by atoms with Gasteiger partial charge in [-0.05, 0) is 30.1 Å². The smallest absolute Gasteiger partial charge is 0.317 e. The van der Waals surface area contributed by atoms with Crippen LogP contribution in [0.1, 0.15) is 34.1 Å². The number of carbonyl (C=O) groups excluding carboxylic acids is 2. The lowest BCUT2D eigenvalue weighted by molar-refractivity contribution is -0.137. The van der Waals surface area contributed by atoms with Crippen molar-refractivity contribution in [2.75, 3.05) is 13.1 Å². The van der Waals surface area contributed by atoms with Crippen LogP contribution in [0, 0.1) is 5.41 Å². The highest BCUT2D eigenvalue weighted by atomic mass is 32.2. The summed E-state index contributed by atoms with van der Waals surface area (Å²) in [5.41, 5.74) is 3.99. The van der Waals surface area contributed by atoms with Crippen LogP contribution in [-0.2, 0) is 16.0 Å². The molecule has 5 unspecified atom stereocenters. The molecule has 4 N–H and O–H groups in total. The Morgan fingerprint density at radius 2 is 2.28 bits per heavy atom. The second-order valence-corrected chi connectivity index (χ2v) is 9.89. The largest absolute Gasteiger partial charge is 0.480 e. The number of fused-ring (bicyclic) bond motifs is 3. The van der Waals surface area contributed by atoms with Gasteiger partial charge >= 0.3 is 5.97 Å². The summed E-state index contributed by atoms with van der Waals surface area (Å²) in [4.78, 5) is 44.4. The second-order valence-electron chi connectivity index (χ2n) is 8.65. The molecule has 5 heterocycles. The number of carbonyl (C=O) groups is 3. The Morgan fingerprint density at radius 3 is 3.10 bits per heavy atom. The van der Waals surface area contributed by atoms with Crippen LogP contribution in [0.3, 0.4) is 0 Å². The fourth-order valence-corrected chi connectivity index (χ4v) is 8.15. The molecule has 3 bridgehead atoms. The van der Waals surface area contributed by atoms with Crippen LogP contribution in [0.2, 0.25) is 0 Å². The molecule has 0 saturated carbocycles. The van der Waals surface area contributed by atoms with Gasteiger partial charge in [-0.15, -0.1) is 11.8 Å². The van der Waals surface area contributed by atoms with E-state index in [-0.39, 0.29) is 35.6 Å². The summed E-state index contributed by atoms with van der Waals surface area (Å²) in [6, 6.07) is -0.878. The molecule has 9 heteroatoms. The number of thioether (sulfide) groups is 1. The van der Waals surface area contributed by atoms with Gasteiger partial charge in [0.2, 0.25) is 5.78 Å². The third kappa shape index (κ3) is 1.71. The standard InChI is InChI=1S/C20H18N4O4S/c25-8-3-9-20-4-10(29-9)23-15-13(20)17-12-7(5-21-14(12)18(15)28)1-2-24(17)16(8)19(20)22-6-11(26)27/h3,5,10,16-17,19,21-23H,1-2,4,6H2,(H,26,27). The summed E-state index contributed by atoms with van der Waals surface area (Å²) < 4.78 is 0. The van der Waals surface area contributed by atoms with Gasteiger partial charge in [-0.2, -0.15) is 0 Å². The number of carboxylic acid groups (broad SMARTS) is 1. The van der Waals surface area contributed by atoms with E-state index in [0.717, 1.165) is 34.4 Å². The molecular formula is C20H18N4O4S. The van der Waals surface area contributed by atoms with Crippen molar-refractivity contribution in [3.63, 3.8) is 0 Å². The molecule has 148 valence electrons. The van der Waals surface area contributed by atoms with E-state index in [9.17, 15) is 19.5 Å². The molecule has 1 spiro atoms.